The fraction of sp³-hybridized carbons (Fsp3) is 0.333. The molecule has 3 rings (SSSR count). The van der Waals surface area contributed by atoms with E-state index in [2.05, 4.69) is 14.5 Å². The summed E-state index contributed by atoms with van der Waals surface area (Å²) >= 11 is 0. The van der Waals surface area contributed by atoms with Crippen molar-refractivity contribution in [3.63, 3.8) is 0 Å². The lowest BCUT2D eigenvalue weighted by Gasteiger charge is -2.32. The van der Waals surface area contributed by atoms with Gasteiger partial charge in [0.05, 0.1) is 12.2 Å². The van der Waals surface area contributed by atoms with Gasteiger partial charge >= 0.3 is 5.97 Å². The van der Waals surface area contributed by atoms with Crippen molar-refractivity contribution in [1.82, 2.24) is 9.55 Å². The molecule has 2 aromatic rings. The molecule has 1 aliphatic heterocycles. The molecule has 0 saturated heterocycles. The van der Waals surface area contributed by atoms with E-state index in [9.17, 15) is 9.90 Å². The Morgan fingerprint density at radius 2 is 2.29 bits per heavy atom. The average molecular weight is 287 g/mol. The second kappa shape index (κ2) is 5.47. The molecule has 0 spiro atoms. The Morgan fingerprint density at radius 3 is 3.00 bits per heavy atom. The molecule has 1 aliphatic rings. The Balaban J connectivity index is 1.82. The molecule has 0 saturated carbocycles. The van der Waals surface area contributed by atoms with Crippen LogP contribution in [-0.4, -0.2) is 40.3 Å². The number of benzene rings is 1. The third-order valence-electron chi connectivity index (χ3n) is 3.71. The van der Waals surface area contributed by atoms with E-state index < -0.39 is 5.97 Å². The first kappa shape index (κ1) is 13.5. The van der Waals surface area contributed by atoms with Crippen LogP contribution in [0.3, 0.4) is 0 Å². The van der Waals surface area contributed by atoms with E-state index in [-0.39, 0.29) is 5.56 Å². The Labute approximate surface area is 122 Å². The predicted octanol–water partition coefficient (Wildman–Crippen LogP) is 1.79. The van der Waals surface area contributed by atoms with Crippen molar-refractivity contribution in [3.8, 4) is 5.75 Å². The summed E-state index contributed by atoms with van der Waals surface area (Å²) in [5.41, 5.74) is 1.06. The molecule has 0 bridgehead atoms. The summed E-state index contributed by atoms with van der Waals surface area (Å²) in [6.07, 6.45) is 3.73. The number of rotatable bonds is 4. The van der Waals surface area contributed by atoms with Gasteiger partial charge in [-0.25, -0.2) is 9.78 Å². The smallest absolute Gasteiger partial charge is 0.339 e. The molecule has 6 heteroatoms. The number of carboxylic acid groups (broad SMARTS) is 1. The van der Waals surface area contributed by atoms with Crippen LogP contribution in [0.2, 0.25) is 0 Å². The molecule has 21 heavy (non-hydrogen) atoms. The summed E-state index contributed by atoms with van der Waals surface area (Å²) in [5, 5.41) is 9.23. The van der Waals surface area contributed by atoms with Gasteiger partial charge in [-0.3, -0.25) is 0 Å². The van der Waals surface area contributed by atoms with Gasteiger partial charge in [-0.05, 0) is 19.1 Å². The summed E-state index contributed by atoms with van der Waals surface area (Å²) in [5.74, 6) is 0.487. The van der Waals surface area contributed by atoms with Crippen LogP contribution < -0.4 is 9.64 Å². The van der Waals surface area contributed by atoms with Gasteiger partial charge in [0.25, 0.3) is 0 Å². The number of aryl methyl sites for hydroxylation is 1. The monoisotopic (exact) mass is 287 g/mol. The minimum absolute atomic E-state index is 0.219. The van der Waals surface area contributed by atoms with Crippen molar-refractivity contribution in [2.45, 2.75) is 13.5 Å². The zero-order valence-electron chi connectivity index (χ0n) is 11.8. The predicted molar refractivity (Wildman–Crippen MR) is 78.1 cm³/mol. The average Bonchev–Trinajstić information content (AvgIpc) is 2.89. The van der Waals surface area contributed by atoms with Crippen molar-refractivity contribution in [2.24, 2.45) is 0 Å². The lowest BCUT2D eigenvalue weighted by molar-refractivity contribution is 0.0692. The van der Waals surface area contributed by atoms with Gasteiger partial charge < -0.3 is 19.3 Å². The Morgan fingerprint density at radius 1 is 1.43 bits per heavy atom. The molecule has 110 valence electrons. The Hall–Kier alpha value is -2.50. The topological polar surface area (TPSA) is 67.6 Å². The third kappa shape index (κ3) is 2.56. The van der Waals surface area contributed by atoms with Crippen molar-refractivity contribution in [1.29, 1.82) is 0 Å². The SMILES string of the molecule is Cc1nccn1CCN1CCOc2c(C(=O)O)cccc21. The zero-order valence-corrected chi connectivity index (χ0v) is 11.8. The van der Waals surface area contributed by atoms with Crippen LogP contribution in [0.15, 0.2) is 30.6 Å². The van der Waals surface area contributed by atoms with E-state index >= 15 is 0 Å². The number of aromatic nitrogens is 2. The van der Waals surface area contributed by atoms with Gasteiger partial charge in [0, 0.05) is 25.5 Å². The molecule has 0 atom stereocenters. The van der Waals surface area contributed by atoms with Crippen molar-refractivity contribution in [3.05, 3.63) is 42.0 Å². The highest BCUT2D eigenvalue weighted by Crippen LogP contribution is 2.34. The van der Waals surface area contributed by atoms with Gasteiger partial charge in [-0.2, -0.15) is 0 Å². The van der Waals surface area contributed by atoms with Gasteiger partial charge in [-0.15, -0.1) is 0 Å². The van der Waals surface area contributed by atoms with Gasteiger partial charge in [0.1, 0.15) is 18.0 Å². The Bertz CT molecular complexity index is 666. The maximum absolute atomic E-state index is 11.3. The third-order valence-corrected chi connectivity index (χ3v) is 3.71. The number of aromatic carboxylic acids is 1. The van der Waals surface area contributed by atoms with Gasteiger partial charge in [-0.1, -0.05) is 6.07 Å². The number of imidazole rings is 1. The largest absolute Gasteiger partial charge is 0.489 e. The van der Waals surface area contributed by atoms with Crippen LogP contribution >= 0.6 is 0 Å². The highest BCUT2D eigenvalue weighted by atomic mass is 16.5. The van der Waals surface area contributed by atoms with Crippen LogP contribution in [0.4, 0.5) is 5.69 Å². The molecule has 1 aromatic heterocycles. The van der Waals surface area contributed by atoms with Crippen LogP contribution in [0, 0.1) is 6.92 Å². The number of anilines is 1. The molecular formula is C15H17N3O3. The molecule has 0 fully saturated rings. The molecule has 0 aliphatic carbocycles. The quantitative estimate of drug-likeness (QED) is 0.928. The van der Waals surface area contributed by atoms with E-state index in [1.807, 2.05) is 19.2 Å². The van der Waals surface area contributed by atoms with Crippen LogP contribution in [0.25, 0.3) is 0 Å². The van der Waals surface area contributed by atoms with Crippen LogP contribution in [0.1, 0.15) is 16.2 Å². The van der Waals surface area contributed by atoms with Crippen LogP contribution in [0.5, 0.6) is 5.75 Å². The molecule has 0 radical (unpaired) electrons. The van der Waals surface area contributed by atoms with Crippen LogP contribution in [-0.2, 0) is 6.54 Å². The number of carboxylic acids is 1. The normalized spacial score (nSPS) is 13.7. The maximum Gasteiger partial charge on any atom is 0.339 e. The molecule has 1 aromatic carbocycles. The number of carbonyl (C=O) groups is 1. The summed E-state index contributed by atoms with van der Waals surface area (Å²) < 4.78 is 7.64. The molecule has 1 N–H and O–H groups in total. The molecule has 6 nitrogen and oxygen atoms in total. The molecule has 0 amide bonds. The lowest BCUT2D eigenvalue weighted by atomic mass is 10.1. The first-order valence-corrected chi connectivity index (χ1v) is 6.88. The number of hydrogen-bond acceptors (Lipinski definition) is 4. The lowest BCUT2D eigenvalue weighted by Crippen LogP contribution is -2.35. The second-order valence-electron chi connectivity index (χ2n) is 4.96. The van der Waals surface area contributed by atoms with E-state index in [4.69, 9.17) is 4.74 Å². The first-order valence-electron chi connectivity index (χ1n) is 6.88. The van der Waals surface area contributed by atoms with Crippen molar-refractivity contribution in [2.75, 3.05) is 24.6 Å². The number of nitrogens with zero attached hydrogens (tertiary/aromatic N) is 3. The number of para-hydroxylation sites is 1. The zero-order chi connectivity index (χ0) is 14.8. The van der Waals surface area contributed by atoms with Gasteiger partial charge in [0.2, 0.25) is 0 Å². The second-order valence-corrected chi connectivity index (χ2v) is 4.96. The summed E-state index contributed by atoms with van der Waals surface area (Å²) in [7, 11) is 0. The van der Waals surface area contributed by atoms with Crippen molar-refractivity contribution >= 4 is 11.7 Å². The first-order chi connectivity index (χ1) is 10.2. The minimum atomic E-state index is -0.959. The van der Waals surface area contributed by atoms with E-state index in [0.29, 0.717) is 12.4 Å². The number of fused-ring (bicyclic) bond motifs is 1. The highest BCUT2D eigenvalue weighted by molar-refractivity contribution is 5.93. The van der Waals surface area contributed by atoms with E-state index in [1.165, 1.54) is 0 Å². The van der Waals surface area contributed by atoms with Gasteiger partial charge in [0.15, 0.2) is 5.75 Å². The number of ether oxygens (including phenoxy) is 1. The fourth-order valence-corrected chi connectivity index (χ4v) is 2.57. The molecule has 0 unspecified atom stereocenters. The maximum atomic E-state index is 11.3. The van der Waals surface area contributed by atoms with E-state index in [0.717, 1.165) is 31.1 Å². The summed E-state index contributed by atoms with van der Waals surface area (Å²) in [6.45, 7) is 4.82. The highest BCUT2D eigenvalue weighted by Gasteiger charge is 2.23. The van der Waals surface area contributed by atoms with E-state index in [1.54, 1.807) is 18.3 Å². The fourth-order valence-electron chi connectivity index (χ4n) is 2.57. The number of hydrogen-bond donors (Lipinski definition) is 1. The molecular weight excluding hydrogens is 270 g/mol. The minimum Gasteiger partial charge on any atom is -0.489 e. The summed E-state index contributed by atoms with van der Waals surface area (Å²) in [6, 6.07) is 5.23. The standard InChI is InChI=1S/C15H17N3O3/c1-11-16-5-6-17(11)7-8-18-9-10-21-14-12(15(19)20)3-2-4-13(14)18/h2-6H,7-10H2,1H3,(H,19,20). The molecule has 2 heterocycles. The Kier molecular flexibility index (Phi) is 3.51. The summed E-state index contributed by atoms with van der Waals surface area (Å²) in [4.78, 5) is 17.6. The van der Waals surface area contributed by atoms with Crippen molar-refractivity contribution < 1.29 is 14.6 Å².